The van der Waals surface area contributed by atoms with Crippen LogP contribution in [0.5, 0.6) is 0 Å². The quantitative estimate of drug-likeness (QED) is 0.187. The number of benzene rings is 4. The minimum absolute atomic E-state index is 0.747. The monoisotopic (exact) mass is 641 g/mol. The first kappa shape index (κ1) is 28.1. The fourth-order valence-electron chi connectivity index (χ4n) is 7.18. The molecule has 7 nitrogen and oxygen atoms in total. The average Bonchev–Trinajstić information content (AvgIpc) is 3.71. The van der Waals surface area contributed by atoms with Gasteiger partial charge in [-0.25, -0.2) is 19.9 Å². The molecule has 234 valence electrons. The van der Waals surface area contributed by atoms with E-state index in [1.807, 2.05) is 30.6 Å². The minimum Gasteiger partial charge on any atom is -0.294 e. The molecule has 10 aromatic rings. The van der Waals surface area contributed by atoms with E-state index in [1.54, 1.807) is 12.5 Å². The number of para-hydroxylation sites is 4. The maximum Gasteiger partial charge on any atom is 0.140 e. The van der Waals surface area contributed by atoms with Gasteiger partial charge in [-0.2, -0.15) is 0 Å². The number of hydrogen-bond donors (Lipinski definition) is 0. The highest BCUT2D eigenvalue weighted by atomic mass is 15.1. The van der Waals surface area contributed by atoms with Gasteiger partial charge in [-0.05, 0) is 77.9 Å². The van der Waals surface area contributed by atoms with Crippen LogP contribution >= 0.6 is 0 Å². The molecule has 0 bridgehead atoms. The Hall–Kier alpha value is -6.99. The van der Waals surface area contributed by atoms with Gasteiger partial charge >= 0.3 is 0 Å². The molecule has 0 atom stereocenters. The molecule has 0 spiro atoms. The molecule has 6 heterocycles. The zero-order chi connectivity index (χ0) is 33.0. The third-order valence-electron chi connectivity index (χ3n) is 9.40. The van der Waals surface area contributed by atoms with Crippen LogP contribution in [0, 0.1) is 0 Å². The van der Waals surface area contributed by atoms with Crippen LogP contribution in [-0.2, 0) is 0 Å². The molecule has 0 unspecified atom stereocenters. The summed E-state index contributed by atoms with van der Waals surface area (Å²) >= 11 is 0. The van der Waals surface area contributed by atoms with E-state index in [-0.39, 0.29) is 0 Å². The Morgan fingerprint density at radius 3 is 1.34 bits per heavy atom. The maximum absolute atomic E-state index is 5.47. The largest absolute Gasteiger partial charge is 0.294 e. The summed E-state index contributed by atoms with van der Waals surface area (Å²) in [7, 11) is 0. The zero-order valence-corrected chi connectivity index (χ0v) is 26.7. The fourth-order valence-corrected chi connectivity index (χ4v) is 7.18. The van der Waals surface area contributed by atoms with Gasteiger partial charge in [0.25, 0.3) is 0 Å². The molecule has 10 rings (SSSR count). The third-order valence-corrected chi connectivity index (χ3v) is 9.40. The summed E-state index contributed by atoms with van der Waals surface area (Å²) in [5.41, 5.74) is 9.65. The Bertz CT molecular complexity index is 2580. The van der Waals surface area contributed by atoms with Crippen molar-refractivity contribution in [1.29, 1.82) is 0 Å². The van der Waals surface area contributed by atoms with Crippen LogP contribution < -0.4 is 0 Å². The Labute approximate surface area is 286 Å². The molecule has 7 heteroatoms. The number of hydrogen-bond acceptors (Lipinski definition) is 5. The summed E-state index contributed by atoms with van der Waals surface area (Å²) in [6.07, 6.45) is 6.93. The highest BCUT2D eigenvalue weighted by molar-refractivity contribution is 6.10. The van der Waals surface area contributed by atoms with Crippen LogP contribution in [0.25, 0.3) is 89.0 Å². The maximum atomic E-state index is 5.47. The number of aromatic nitrogens is 7. The Kier molecular flexibility index (Phi) is 6.35. The van der Waals surface area contributed by atoms with E-state index in [4.69, 9.17) is 9.97 Å². The van der Waals surface area contributed by atoms with E-state index in [9.17, 15) is 0 Å². The number of nitrogens with zero attached hydrogens (tertiary/aromatic N) is 7. The Morgan fingerprint density at radius 2 is 0.840 bits per heavy atom. The minimum atomic E-state index is 0.747. The lowest BCUT2D eigenvalue weighted by Crippen LogP contribution is -2.05. The van der Waals surface area contributed by atoms with Gasteiger partial charge in [0.2, 0.25) is 0 Å². The summed E-state index contributed by atoms with van der Waals surface area (Å²) in [5.74, 6) is 1.60. The standard InChI is InChI=1S/C43H27N7/c1-5-13-38-31(9-1)32-10-2-6-14-39(32)49(38)42-25-30(26-43(48-42)50-40-15-7-3-11-33(40)34-12-4-8-16-41(34)50)36-23-29(28-17-20-44-21-18-28)24-37(47-36)35-19-22-45-27-46-35/h1-27H. The van der Waals surface area contributed by atoms with E-state index in [2.05, 4.69) is 145 Å². The second kappa shape index (κ2) is 11.3. The summed E-state index contributed by atoms with van der Waals surface area (Å²) in [6.45, 7) is 0. The van der Waals surface area contributed by atoms with Crippen LogP contribution in [0.4, 0.5) is 0 Å². The van der Waals surface area contributed by atoms with Crippen molar-refractivity contribution in [1.82, 2.24) is 34.1 Å². The van der Waals surface area contributed by atoms with Gasteiger partial charge in [0.1, 0.15) is 18.0 Å². The number of rotatable bonds is 5. The van der Waals surface area contributed by atoms with Crippen molar-refractivity contribution in [2.75, 3.05) is 0 Å². The molecule has 0 N–H and O–H groups in total. The van der Waals surface area contributed by atoms with Gasteiger partial charge in [0.05, 0.1) is 39.1 Å². The zero-order valence-electron chi connectivity index (χ0n) is 26.7. The number of fused-ring (bicyclic) bond motifs is 6. The first-order valence-corrected chi connectivity index (χ1v) is 16.5. The summed E-state index contributed by atoms with van der Waals surface area (Å²) in [4.78, 5) is 23.7. The Morgan fingerprint density at radius 1 is 0.360 bits per heavy atom. The number of pyridine rings is 3. The highest BCUT2D eigenvalue weighted by Gasteiger charge is 2.19. The first-order valence-electron chi connectivity index (χ1n) is 16.5. The van der Waals surface area contributed by atoms with E-state index >= 15 is 0 Å². The molecule has 0 saturated carbocycles. The van der Waals surface area contributed by atoms with Crippen molar-refractivity contribution < 1.29 is 0 Å². The SMILES string of the molecule is c1ccc2c(c1)c1ccccc1n2-c1cc(-c2cc(-c3ccncc3)cc(-c3ccncn3)n2)cc(-n2c3ccccc3c3ccccc32)n1. The average molecular weight is 642 g/mol. The Balaban J connectivity index is 1.31. The van der Waals surface area contributed by atoms with Crippen LogP contribution in [-0.4, -0.2) is 34.1 Å². The molecule has 6 aromatic heterocycles. The molecular weight excluding hydrogens is 615 g/mol. The van der Waals surface area contributed by atoms with Crippen molar-refractivity contribution in [2.45, 2.75) is 0 Å². The summed E-state index contributed by atoms with van der Waals surface area (Å²) in [5, 5.41) is 4.71. The van der Waals surface area contributed by atoms with Crippen molar-refractivity contribution in [3.8, 4) is 45.4 Å². The molecule has 0 amide bonds. The van der Waals surface area contributed by atoms with Crippen LogP contribution in [0.3, 0.4) is 0 Å². The lowest BCUT2D eigenvalue weighted by molar-refractivity contribution is 1.01. The molecule has 0 fully saturated rings. The second-order valence-corrected chi connectivity index (χ2v) is 12.3. The second-order valence-electron chi connectivity index (χ2n) is 12.3. The molecule has 0 aliphatic heterocycles. The van der Waals surface area contributed by atoms with Gasteiger partial charge in [0.15, 0.2) is 0 Å². The molecular formula is C43H27N7. The van der Waals surface area contributed by atoms with Crippen molar-refractivity contribution >= 4 is 43.6 Å². The molecule has 0 radical (unpaired) electrons. The fraction of sp³-hybridized carbons (Fsp3) is 0. The molecule has 0 saturated heterocycles. The van der Waals surface area contributed by atoms with E-state index in [0.29, 0.717) is 0 Å². The van der Waals surface area contributed by atoms with Crippen LogP contribution in [0.2, 0.25) is 0 Å². The van der Waals surface area contributed by atoms with Gasteiger partial charge in [-0.15, -0.1) is 0 Å². The molecule has 50 heavy (non-hydrogen) atoms. The predicted molar refractivity (Wildman–Crippen MR) is 200 cm³/mol. The smallest absolute Gasteiger partial charge is 0.140 e. The van der Waals surface area contributed by atoms with Crippen molar-refractivity contribution in [3.05, 3.63) is 164 Å². The molecule has 0 aliphatic rings. The molecule has 0 aliphatic carbocycles. The summed E-state index contributed by atoms with van der Waals surface area (Å²) in [6, 6.07) is 48.5. The van der Waals surface area contributed by atoms with E-state index in [1.165, 1.54) is 21.5 Å². The predicted octanol–water partition coefficient (Wildman–Crippen LogP) is 9.86. The molecule has 4 aromatic carbocycles. The van der Waals surface area contributed by atoms with Gasteiger partial charge in [0, 0.05) is 45.7 Å². The van der Waals surface area contributed by atoms with Gasteiger partial charge in [-0.1, -0.05) is 72.8 Å². The van der Waals surface area contributed by atoms with Gasteiger partial charge in [-0.3, -0.25) is 14.1 Å². The normalized spacial score (nSPS) is 11.6. The van der Waals surface area contributed by atoms with Crippen LogP contribution in [0.15, 0.2) is 164 Å². The van der Waals surface area contributed by atoms with Crippen molar-refractivity contribution in [3.63, 3.8) is 0 Å². The lowest BCUT2D eigenvalue weighted by atomic mass is 10.0. The van der Waals surface area contributed by atoms with Gasteiger partial charge < -0.3 is 0 Å². The first-order chi connectivity index (χ1) is 24.8. The van der Waals surface area contributed by atoms with Crippen molar-refractivity contribution in [2.24, 2.45) is 0 Å². The highest BCUT2D eigenvalue weighted by Crippen LogP contribution is 2.37. The topological polar surface area (TPSA) is 74.3 Å². The third kappa shape index (κ3) is 4.48. The lowest BCUT2D eigenvalue weighted by Gasteiger charge is -2.15. The van der Waals surface area contributed by atoms with Crippen LogP contribution in [0.1, 0.15) is 0 Å². The van der Waals surface area contributed by atoms with E-state index < -0.39 is 0 Å². The van der Waals surface area contributed by atoms with E-state index in [0.717, 1.165) is 67.5 Å². The summed E-state index contributed by atoms with van der Waals surface area (Å²) < 4.78 is 4.53.